The molecule has 0 radical (unpaired) electrons. The fraction of sp³-hybridized carbons (Fsp3) is 0.273. The van der Waals surface area contributed by atoms with Crippen LogP contribution >= 0.6 is 0 Å². The lowest BCUT2D eigenvalue weighted by molar-refractivity contribution is 1.13. The van der Waals surface area contributed by atoms with Gasteiger partial charge in [-0.3, -0.25) is 0 Å². The van der Waals surface area contributed by atoms with Crippen LogP contribution in [-0.2, 0) is 6.42 Å². The van der Waals surface area contributed by atoms with Crippen LogP contribution in [0.1, 0.15) is 19.4 Å². The zero-order valence-electron chi connectivity index (χ0n) is 7.17. The quantitative estimate of drug-likeness (QED) is 0.562. The Morgan fingerprint density at radius 3 is 2.45 bits per heavy atom. The van der Waals surface area contributed by atoms with E-state index in [0.717, 1.165) is 6.42 Å². The lowest BCUT2D eigenvalue weighted by Gasteiger charge is -1.99. The van der Waals surface area contributed by atoms with Gasteiger partial charge in [-0.1, -0.05) is 42.0 Å². The minimum absolute atomic E-state index is 1.08. The minimum atomic E-state index is 1.08. The number of hydrogen-bond acceptors (Lipinski definition) is 0. The van der Waals surface area contributed by atoms with Crippen molar-refractivity contribution in [3.63, 3.8) is 0 Å². The molecule has 0 atom stereocenters. The molecule has 0 amide bonds. The standard InChI is InChI=1S/C11H14/c1-3-10(2)9-11-7-5-4-6-8-11/h3-8H,9H2,1-2H3/b10-3+. The smallest absolute Gasteiger partial charge is 0.00700 e. The molecule has 0 nitrogen and oxygen atoms in total. The molecule has 1 aromatic carbocycles. The molecule has 1 rings (SSSR count). The molecule has 58 valence electrons. The van der Waals surface area contributed by atoms with Gasteiger partial charge < -0.3 is 0 Å². The molecule has 0 aromatic heterocycles. The lowest BCUT2D eigenvalue weighted by atomic mass is 10.1. The van der Waals surface area contributed by atoms with Gasteiger partial charge in [0.05, 0.1) is 0 Å². The molecule has 0 saturated carbocycles. The SMILES string of the molecule is C/C=C(\C)Cc1ccccc1. The summed E-state index contributed by atoms with van der Waals surface area (Å²) in [5, 5.41) is 0. The van der Waals surface area contributed by atoms with Crippen LogP contribution in [0.25, 0.3) is 0 Å². The number of hydrogen-bond donors (Lipinski definition) is 0. The topological polar surface area (TPSA) is 0 Å². The van der Waals surface area contributed by atoms with Crippen molar-refractivity contribution in [2.75, 3.05) is 0 Å². The molecule has 0 aliphatic rings. The van der Waals surface area contributed by atoms with Crippen molar-refractivity contribution in [2.24, 2.45) is 0 Å². The summed E-state index contributed by atoms with van der Waals surface area (Å²) in [5.41, 5.74) is 2.82. The normalized spacial score (nSPS) is 11.6. The molecule has 0 aliphatic carbocycles. The van der Waals surface area contributed by atoms with Crippen LogP contribution < -0.4 is 0 Å². The molecular formula is C11H14. The highest BCUT2D eigenvalue weighted by atomic mass is 14.0. The average Bonchev–Trinajstić information content (AvgIpc) is 2.06. The van der Waals surface area contributed by atoms with Crippen molar-refractivity contribution in [2.45, 2.75) is 20.3 Å². The van der Waals surface area contributed by atoms with E-state index < -0.39 is 0 Å². The minimum Gasteiger partial charge on any atom is -0.0884 e. The van der Waals surface area contributed by atoms with Crippen LogP contribution in [0.5, 0.6) is 0 Å². The first-order chi connectivity index (χ1) is 5.33. The summed E-state index contributed by atoms with van der Waals surface area (Å²) in [6.07, 6.45) is 3.24. The number of allylic oxidation sites excluding steroid dienone is 2. The van der Waals surface area contributed by atoms with E-state index in [2.05, 4.69) is 50.3 Å². The Morgan fingerprint density at radius 2 is 1.91 bits per heavy atom. The van der Waals surface area contributed by atoms with Gasteiger partial charge >= 0.3 is 0 Å². The molecule has 0 heterocycles. The zero-order chi connectivity index (χ0) is 8.10. The lowest BCUT2D eigenvalue weighted by Crippen LogP contribution is -1.84. The van der Waals surface area contributed by atoms with Crippen molar-refractivity contribution < 1.29 is 0 Å². The highest BCUT2D eigenvalue weighted by Crippen LogP contribution is 2.05. The Hall–Kier alpha value is -1.04. The molecule has 11 heavy (non-hydrogen) atoms. The van der Waals surface area contributed by atoms with Gasteiger partial charge in [0, 0.05) is 0 Å². The van der Waals surface area contributed by atoms with Gasteiger partial charge in [0.2, 0.25) is 0 Å². The molecule has 0 saturated heterocycles. The van der Waals surface area contributed by atoms with Crippen molar-refractivity contribution in [3.05, 3.63) is 47.5 Å². The van der Waals surface area contributed by atoms with Crippen molar-refractivity contribution in [3.8, 4) is 0 Å². The first-order valence-corrected chi connectivity index (χ1v) is 3.98. The van der Waals surface area contributed by atoms with Crippen LogP contribution in [0.4, 0.5) is 0 Å². The largest absolute Gasteiger partial charge is 0.0884 e. The first kappa shape index (κ1) is 8.06. The maximum Gasteiger partial charge on any atom is -0.00700 e. The van der Waals surface area contributed by atoms with E-state index in [4.69, 9.17) is 0 Å². The van der Waals surface area contributed by atoms with Crippen molar-refractivity contribution >= 4 is 0 Å². The van der Waals surface area contributed by atoms with E-state index in [0.29, 0.717) is 0 Å². The second-order valence-corrected chi connectivity index (χ2v) is 2.80. The molecule has 0 fully saturated rings. The fourth-order valence-corrected chi connectivity index (χ4v) is 1.02. The summed E-state index contributed by atoms with van der Waals surface area (Å²) < 4.78 is 0. The molecule has 0 bridgehead atoms. The third-order valence-corrected chi connectivity index (χ3v) is 1.82. The third-order valence-electron chi connectivity index (χ3n) is 1.82. The van der Waals surface area contributed by atoms with Gasteiger partial charge in [-0.15, -0.1) is 0 Å². The summed E-state index contributed by atoms with van der Waals surface area (Å²) in [6.45, 7) is 4.24. The Balaban J connectivity index is 2.65. The maximum atomic E-state index is 2.16. The molecule has 0 N–H and O–H groups in total. The Kier molecular flexibility index (Phi) is 2.91. The summed E-state index contributed by atoms with van der Waals surface area (Å²) in [6, 6.07) is 10.5. The highest BCUT2D eigenvalue weighted by molar-refractivity contribution is 5.20. The average molecular weight is 146 g/mol. The van der Waals surface area contributed by atoms with E-state index in [1.165, 1.54) is 11.1 Å². The molecule has 0 aliphatic heterocycles. The van der Waals surface area contributed by atoms with Crippen LogP contribution in [0.3, 0.4) is 0 Å². The van der Waals surface area contributed by atoms with Gasteiger partial charge in [0.1, 0.15) is 0 Å². The Morgan fingerprint density at radius 1 is 1.27 bits per heavy atom. The summed E-state index contributed by atoms with van der Waals surface area (Å²) >= 11 is 0. The molecule has 0 unspecified atom stereocenters. The van der Waals surface area contributed by atoms with Crippen molar-refractivity contribution in [1.29, 1.82) is 0 Å². The van der Waals surface area contributed by atoms with Crippen LogP contribution in [-0.4, -0.2) is 0 Å². The van der Waals surface area contributed by atoms with E-state index in [1.54, 1.807) is 0 Å². The van der Waals surface area contributed by atoms with E-state index in [-0.39, 0.29) is 0 Å². The second-order valence-electron chi connectivity index (χ2n) is 2.80. The number of benzene rings is 1. The van der Waals surface area contributed by atoms with Gasteiger partial charge in [-0.05, 0) is 25.8 Å². The molecule has 0 spiro atoms. The maximum absolute atomic E-state index is 2.16. The Bertz CT molecular complexity index is 231. The molecular weight excluding hydrogens is 132 g/mol. The summed E-state index contributed by atoms with van der Waals surface area (Å²) in [4.78, 5) is 0. The zero-order valence-corrected chi connectivity index (χ0v) is 7.17. The third kappa shape index (κ3) is 2.58. The fourth-order valence-electron chi connectivity index (χ4n) is 1.02. The van der Waals surface area contributed by atoms with E-state index in [1.807, 2.05) is 0 Å². The van der Waals surface area contributed by atoms with Crippen LogP contribution in [0.2, 0.25) is 0 Å². The predicted molar refractivity (Wildman–Crippen MR) is 49.6 cm³/mol. The second kappa shape index (κ2) is 3.97. The highest BCUT2D eigenvalue weighted by Gasteiger charge is 1.90. The van der Waals surface area contributed by atoms with Crippen LogP contribution in [0, 0.1) is 0 Å². The van der Waals surface area contributed by atoms with Crippen molar-refractivity contribution in [1.82, 2.24) is 0 Å². The molecule has 0 heteroatoms. The van der Waals surface area contributed by atoms with Gasteiger partial charge in [0.25, 0.3) is 0 Å². The summed E-state index contributed by atoms with van der Waals surface area (Å²) in [7, 11) is 0. The molecule has 1 aromatic rings. The van der Waals surface area contributed by atoms with E-state index in [9.17, 15) is 0 Å². The van der Waals surface area contributed by atoms with Gasteiger partial charge in [-0.25, -0.2) is 0 Å². The predicted octanol–water partition coefficient (Wildman–Crippen LogP) is 3.20. The monoisotopic (exact) mass is 146 g/mol. The van der Waals surface area contributed by atoms with Crippen LogP contribution in [0.15, 0.2) is 42.0 Å². The van der Waals surface area contributed by atoms with Gasteiger partial charge in [0.15, 0.2) is 0 Å². The van der Waals surface area contributed by atoms with E-state index >= 15 is 0 Å². The number of rotatable bonds is 2. The van der Waals surface area contributed by atoms with Gasteiger partial charge in [-0.2, -0.15) is 0 Å². The first-order valence-electron chi connectivity index (χ1n) is 3.98. The summed E-state index contributed by atoms with van der Waals surface area (Å²) in [5.74, 6) is 0. The Labute approximate surface area is 68.6 Å².